The van der Waals surface area contributed by atoms with Gasteiger partial charge in [0.15, 0.2) is 0 Å². The third kappa shape index (κ3) is 3.72. The number of fused-ring (bicyclic) bond motifs is 2. The van der Waals surface area contributed by atoms with E-state index in [-0.39, 0.29) is 0 Å². The van der Waals surface area contributed by atoms with Crippen molar-refractivity contribution >= 4 is 21.8 Å². The molecular formula is C21H20N2. The number of para-hydroxylation sites is 2. The number of rotatable bonds is 0. The van der Waals surface area contributed by atoms with Crippen LogP contribution in [0.5, 0.6) is 0 Å². The standard InChI is InChI=1S/C13H9N.C8H11N/c1-3-7-12-10(5-1)9-11-6-2-4-8-13(11)14-12;1-6-4-7(2)9-8(3)5-6/h1-9H;4-5H,1-3H3. The van der Waals surface area contributed by atoms with Crippen LogP contribution in [0.25, 0.3) is 21.8 Å². The molecule has 4 rings (SSSR count). The summed E-state index contributed by atoms with van der Waals surface area (Å²) in [4.78, 5) is 8.81. The van der Waals surface area contributed by atoms with E-state index in [0.29, 0.717) is 0 Å². The van der Waals surface area contributed by atoms with E-state index < -0.39 is 0 Å². The first-order valence-electron chi connectivity index (χ1n) is 7.78. The predicted octanol–water partition coefficient (Wildman–Crippen LogP) is 5.39. The SMILES string of the molecule is Cc1cc(C)nc(C)c1.c1ccc2nc3ccccc3cc2c1. The highest BCUT2D eigenvalue weighted by Gasteiger charge is 1.96. The van der Waals surface area contributed by atoms with Gasteiger partial charge in [0.2, 0.25) is 0 Å². The topological polar surface area (TPSA) is 25.8 Å². The van der Waals surface area contributed by atoms with E-state index >= 15 is 0 Å². The zero-order valence-corrected chi connectivity index (χ0v) is 13.7. The Hall–Kier alpha value is -2.74. The van der Waals surface area contributed by atoms with E-state index in [1.807, 2.05) is 50.2 Å². The number of aryl methyl sites for hydroxylation is 3. The Balaban J connectivity index is 0.000000151. The number of nitrogens with zero attached hydrogens (tertiary/aromatic N) is 2. The van der Waals surface area contributed by atoms with Crippen LogP contribution in [0.1, 0.15) is 17.0 Å². The molecule has 4 aromatic rings. The molecule has 2 heteroatoms. The van der Waals surface area contributed by atoms with E-state index in [1.165, 1.54) is 16.3 Å². The lowest BCUT2D eigenvalue weighted by Gasteiger charge is -1.99. The molecule has 0 unspecified atom stereocenters. The minimum atomic E-state index is 1.06. The molecule has 0 atom stereocenters. The number of aromatic nitrogens is 2. The average molecular weight is 300 g/mol. The van der Waals surface area contributed by atoms with E-state index in [1.54, 1.807) is 0 Å². The Labute approximate surface area is 136 Å². The van der Waals surface area contributed by atoms with Crippen LogP contribution >= 0.6 is 0 Å². The van der Waals surface area contributed by atoms with Crippen molar-refractivity contribution in [3.63, 3.8) is 0 Å². The molecule has 0 N–H and O–H groups in total. The van der Waals surface area contributed by atoms with Gasteiger partial charge in [-0.25, -0.2) is 4.98 Å². The molecule has 0 fully saturated rings. The molecule has 0 radical (unpaired) electrons. The van der Waals surface area contributed by atoms with Gasteiger partial charge in [-0.3, -0.25) is 4.98 Å². The van der Waals surface area contributed by atoms with Crippen LogP contribution in [-0.2, 0) is 0 Å². The summed E-state index contributed by atoms with van der Waals surface area (Å²) in [5.74, 6) is 0. The molecule has 0 spiro atoms. The number of benzene rings is 2. The number of pyridine rings is 2. The van der Waals surface area contributed by atoms with Crippen LogP contribution in [0.4, 0.5) is 0 Å². The van der Waals surface area contributed by atoms with Gasteiger partial charge >= 0.3 is 0 Å². The lowest BCUT2D eigenvalue weighted by atomic mass is 10.1. The fraction of sp³-hybridized carbons (Fsp3) is 0.143. The quantitative estimate of drug-likeness (QED) is 0.407. The van der Waals surface area contributed by atoms with Crippen molar-refractivity contribution in [2.75, 3.05) is 0 Å². The van der Waals surface area contributed by atoms with Gasteiger partial charge in [-0.15, -0.1) is 0 Å². The first kappa shape index (κ1) is 15.2. The van der Waals surface area contributed by atoms with Crippen molar-refractivity contribution < 1.29 is 0 Å². The van der Waals surface area contributed by atoms with Crippen LogP contribution in [0, 0.1) is 20.8 Å². The smallest absolute Gasteiger partial charge is 0.0709 e. The zero-order valence-electron chi connectivity index (χ0n) is 13.7. The van der Waals surface area contributed by atoms with E-state index in [2.05, 4.69) is 47.2 Å². The maximum atomic E-state index is 4.58. The third-order valence-electron chi connectivity index (χ3n) is 3.65. The van der Waals surface area contributed by atoms with Gasteiger partial charge in [0, 0.05) is 22.2 Å². The maximum Gasteiger partial charge on any atom is 0.0709 e. The molecule has 23 heavy (non-hydrogen) atoms. The molecule has 0 saturated heterocycles. The Kier molecular flexibility index (Phi) is 4.33. The highest BCUT2D eigenvalue weighted by molar-refractivity contribution is 5.92. The van der Waals surface area contributed by atoms with Crippen LogP contribution in [0.2, 0.25) is 0 Å². The molecule has 2 heterocycles. The molecule has 0 amide bonds. The summed E-state index contributed by atoms with van der Waals surface area (Å²) in [7, 11) is 0. The fourth-order valence-corrected chi connectivity index (χ4v) is 2.76. The fourth-order valence-electron chi connectivity index (χ4n) is 2.76. The Morgan fingerprint density at radius 2 is 1.04 bits per heavy atom. The summed E-state index contributed by atoms with van der Waals surface area (Å²) in [6, 6.07) is 22.7. The maximum absolute atomic E-state index is 4.58. The molecule has 114 valence electrons. The van der Waals surface area contributed by atoms with Crippen LogP contribution in [0.3, 0.4) is 0 Å². The summed E-state index contributed by atoms with van der Waals surface area (Å²) in [6.07, 6.45) is 0. The van der Waals surface area contributed by atoms with Crippen molar-refractivity contribution in [1.82, 2.24) is 9.97 Å². The minimum Gasteiger partial charge on any atom is -0.258 e. The molecule has 0 aliphatic carbocycles. The second kappa shape index (κ2) is 6.57. The largest absolute Gasteiger partial charge is 0.258 e. The average Bonchev–Trinajstić information content (AvgIpc) is 2.52. The summed E-state index contributed by atoms with van der Waals surface area (Å²) >= 11 is 0. The zero-order chi connectivity index (χ0) is 16.2. The van der Waals surface area contributed by atoms with Gasteiger partial charge in [0.25, 0.3) is 0 Å². The highest BCUT2D eigenvalue weighted by Crippen LogP contribution is 2.18. The van der Waals surface area contributed by atoms with Gasteiger partial charge in [-0.2, -0.15) is 0 Å². The van der Waals surface area contributed by atoms with E-state index in [4.69, 9.17) is 0 Å². The molecule has 2 aromatic carbocycles. The molecule has 2 aromatic heterocycles. The molecule has 0 bridgehead atoms. The van der Waals surface area contributed by atoms with Crippen LogP contribution in [0.15, 0.2) is 66.7 Å². The lowest BCUT2D eigenvalue weighted by Crippen LogP contribution is -1.85. The number of hydrogen-bond acceptors (Lipinski definition) is 2. The van der Waals surface area contributed by atoms with E-state index in [9.17, 15) is 0 Å². The van der Waals surface area contributed by atoms with Gasteiger partial charge in [0.1, 0.15) is 0 Å². The molecule has 0 saturated carbocycles. The van der Waals surface area contributed by atoms with Crippen molar-refractivity contribution in [3.8, 4) is 0 Å². The van der Waals surface area contributed by atoms with Crippen molar-refractivity contribution in [3.05, 3.63) is 83.7 Å². The predicted molar refractivity (Wildman–Crippen MR) is 97.7 cm³/mol. The van der Waals surface area contributed by atoms with Crippen molar-refractivity contribution in [2.45, 2.75) is 20.8 Å². The minimum absolute atomic E-state index is 1.06. The van der Waals surface area contributed by atoms with Gasteiger partial charge < -0.3 is 0 Å². The van der Waals surface area contributed by atoms with Gasteiger partial charge in [-0.1, -0.05) is 36.4 Å². The van der Waals surface area contributed by atoms with Crippen molar-refractivity contribution in [2.24, 2.45) is 0 Å². The lowest BCUT2D eigenvalue weighted by molar-refractivity contribution is 1.10. The van der Waals surface area contributed by atoms with Crippen molar-refractivity contribution in [1.29, 1.82) is 0 Å². The summed E-state index contributed by atoms with van der Waals surface area (Å²) in [5, 5.41) is 2.40. The first-order chi connectivity index (χ1) is 11.1. The summed E-state index contributed by atoms with van der Waals surface area (Å²) in [5.41, 5.74) is 5.62. The summed E-state index contributed by atoms with van der Waals surface area (Å²) < 4.78 is 0. The Morgan fingerprint density at radius 3 is 1.52 bits per heavy atom. The third-order valence-corrected chi connectivity index (χ3v) is 3.65. The highest BCUT2D eigenvalue weighted by atomic mass is 14.7. The molecule has 0 aliphatic heterocycles. The van der Waals surface area contributed by atoms with Crippen LogP contribution in [-0.4, -0.2) is 9.97 Å². The molecule has 2 nitrogen and oxygen atoms in total. The Bertz CT molecular complexity index is 802. The Morgan fingerprint density at radius 1 is 0.565 bits per heavy atom. The van der Waals surface area contributed by atoms with Gasteiger partial charge in [-0.05, 0) is 56.7 Å². The molecular weight excluding hydrogens is 280 g/mol. The normalized spacial score (nSPS) is 10.4. The van der Waals surface area contributed by atoms with Crippen LogP contribution < -0.4 is 0 Å². The second-order valence-electron chi connectivity index (χ2n) is 5.80. The second-order valence-corrected chi connectivity index (χ2v) is 5.80. The van der Waals surface area contributed by atoms with Gasteiger partial charge in [0.05, 0.1) is 11.0 Å². The monoisotopic (exact) mass is 300 g/mol. The first-order valence-corrected chi connectivity index (χ1v) is 7.78. The van der Waals surface area contributed by atoms with E-state index in [0.717, 1.165) is 22.4 Å². The molecule has 0 aliphatic rings. The number of hydrogen-bond donors (Lipinski definition) is 0. The summed E-state index contributed by atoms with van der Waals surface area (Å²) in [6.45, 7) is 6.11.